The predicted octanol–water partition coefficient (Wildman–Crippen LogP) is 1.21. The number of hydrogen-bond donors (Lipinski definition) is 2. The molecule has 1 atom stereocenters. The number of nitrogens with one attached hydrogen (secondary N) is 1. The molecule has 0 aliphatic carbocycles. The topological polar surface area (TPSA) is 52.6 Å². The molecule has 0 bridgehead atoms. The van der Waals surface area contributed by atoms with E-state index < -0.39 is 11.7 Å². The van der Waals surface area contributed by atoms with Gasteiger partial charge < -0.3 is 15.3 Å². The Morgan fingerprint density at radius 1 is 1.53 bits per heavy atom. The smallest absolute Gasteiger partial charge is 0.258 e. The number of aromatic hydroxyl groups is 1. The molecular weight excluding hydrogens is 223 g/mol. The van der Waals surface area contributed by atoms with Crippen LogP contribution >= 0.6 is 0 Å². The molecule has 4 nitrogen and oxygen atoms in total. The summed E-state index contributed by atoms with van der Waals surface area (Å²) in [6, 6.07) is 3.91. The van der Waals surface area contributed by atoms with Gasteiger partial charge in [0.2, 0.25) is 0 Å². The number of phenols is 1. The number of likely N-dealkylation sites (N-methyl/N-ethyl adjacent to an activating group) is 1. The van der Waals surface area contributed by atoms with E-state index in [2.05, 4.69) is 5.32 Å². The van der Waals surface area contributed by atoms with Crippen LogP contribution in [0.5, 0.6) is 5.75 Å². The standard InChI is InChI=1S/C12H17FN2O2/c1-8(15(2)3)7-14-12(17)11-9(13)5-4-6-10(11)16/h4-6,8,16H,7H2,1-3H3,(H,14,17). The Hall–Kier alpha value is -1.62. The van der Waals surface area contributed by atoms with Crippen LogP contribution in [0.2, 0.25) is 0 Å². The lowest BCUT2D eigenvalue weighted by Gasteiger charge is -2.20. The maximum atomic E-state index is 13.4. The van der Waals surface area contributed by atoms with Gasteiger partial charge in [0.1, 0.15) is 17.1 Å². The quantitative estimate of drug-likeness (QED) is 0.831. The van der Waals surface area contributed by atoms with Crippen molar-refractivity contribution in [3.8, 4) is 5.75 Å². The molecule has 0 spiro atoms. The van der Waals surface area contributed by atoms with Crippen LogP contribution in [-0.2, 0) is 0 Å². The van der Waals surface area contributed by atoms with Gasteiger partial charge >= 0.3 is 0 Å². The molecule has 1 rings (SSSR count). The second-order valence-corrected chi connectivity index (χ2v) is 4.16. The summed E-state index contributed by atoms with van der Waals surface area (Å²) in [5.74, 6) is -1.67. The molecule has 0 fully saturated rings. The first-order valence-electron chi connectivity index (χ1n) is 5.35. The molecule has 0 aliphatic heterocycles. The number of phenolic OH excluding ortho intramolecular Hbond substituents is 1. The molecule has 2 N–H and O–H groups in total. The number of amides is 1. The van der Waals surface area contributed by atoms with Crippen LogP contribution in [0.1, 0.15) is 17.3 Å². The number of nitrogens with zero attached hydrogens (tertiary/aromatic N) is 1. The first kappa shape index (κ1) is 13.4. The summed E-state index contributed by atoms with van der Waals surface area (Å²) in [6.45, 7) is 2.32. The molecule has 0 heterocycles. The molecular formula is C12H17FN2O2. The zero-order valence-electron chi connectivity index (χ0n) is 10.2. The molecule has 0 radical (unpaired) electrons. The lowest BCUT2D eigenvalue weighted by Crippen LogP contribution is -2.38. The Morgan fingerprint density at radius 2 is 2.18 bits per heavy atom. The van der Waals surface area contributed by atoms with Crippen molar-refractivity contribution in [1.82, 2.24) is 10.2 Å². The van der Waals surface area contributed by atoms with Gasteiger partial charge in [0.25, 0.3) is 5.91 Å². The second-order valence-electron chi connectivity index (χ2n) is 4.16. The van der Waals surface area contributed by atoms with Gasteiger partial charge in [0.05, 0.1) is 0 Å². The van der Waals surface area contributed by atoms with Crippen LogP contribution in [0.4, 0.5) is 4.39 Å². The van der Waals surface area contributed by atoms with Crippen LogP contribution in [0, 0.1) is 5.82 Å². The van der Waals surface area contributed by atoms with Crippen molar-refractivity contribution < 1.29 is 14.3 Å². The molecule has 94 valence electrons. The van der Waals surface area contributed by atoms with Gasteiger partial charge in [-0.2, -0.15) is 0 Å². The van der Waals surface area contributed by atoms with Crippen molar-refractivity contribution in [3.63, 3.8) is 0 Å². The summed E-state index contributed by atoms with van der Waals surface area (Å²) in [5, 5.41) is 12.0. The highest BCUT2D eigenvalue weighted by atomic mass is 19.1. The molecule has 0 saturated heterocycles. The minimum absolute atomic E-state index is 0.132. The fourth-order valence-corrected chi connectivity index (χ4v) is 1.25. The van der Waals surface area contributed by atoms with Gasteiger partial charge in [-0.15, -0.1) is 0 Å². The Balaban J connectivity index is 2.71. The molecule has 0 aromatic heterocycles. The molecule has 1 amide bonds. The molecule has 0 saturated carbocycles. The van der Waals surface area contributed by atoms with E-state index in [1.165, 1.54) is 12.1 Å². The Labute approximate surface area is 100 Å². The van der Waals surface area contributed by atoms with Gasteiger partial charge in [-0.3, -0.25) is 4.79 Å². The van der Waals surface area contributed by atoms with E-state index in [0.29, 0.717) is 6.54 Å². The lowest BCUT2D eigenvalue weighted by molar-refractivity contribution is 0.0936. The molecule has 5 heteroatoms. The number of hydrogen-bond acceptors (Lipinski definition) is 3. The fourth-order valence-electron chi connectivity index (χ4n) is 1.25. The second kappa shape index (κ2) is 5.63. The van der Waals surface area contributed by atoms with Gasteiger partial charge in [-0.25, -0.2) is 4.39 Å². The minimum atomic E-state index is -0.722. The Bertz CT molecular complexity index is 387. The van der Waals surface area contributed by atoms with E-state index in [1.54, 1.807) is 0 Å². The van der Waals surface area contributed by atoms with Crippen molar-refractivity contribution in [2.45, 2.75) is 13.0 Å². The SMILES string of the molecule is CC(CNC(=O)c1c(O)cccc1F)N(C)C. The highest BCUT2D eigenvalue weighted by Gasteiger charge is 2.17. The van der Waals surface area contributed by atoms with Crippen LogP contribution in [0.15, 0.2) is 18.2 Å². The number of rotatable bonds is 4. The van der Waals surface area contributed by atoms with Crippen LogP contribution in [0.25, 0.3) is 0 Å². The third-order valence-electron chi connectivity index (χ3n) is 2.66. The zero-order chi connectivity index (χ0) is 13.0. The average molecular weight is 240 g/mol. The monoisotopic (exact) mass is 240 g/mol. The number of carbonyl (C=O) groups excluding carboxylic acids is 1. The highest BCUT2D eigenvalue weighted by Crippen LogP contribution is 2.19. The van der Waals surface area contributed by atoms with E-state index >= 15 is 0 Å². The van der Waals surface area contributed by atoms with Crippen LogP contribution in [0.3, 0.4) is 0 Å². The van der Waals surface area contributed by atoms with Gasteiger partial charge in [0, 0.05) is 12.6 Å². The number of halogens is 1. The number of benzene rings is 1. The van der Waals surface area contributed by atoms with Crippen molar-refractivity contribution in [3.05, 3.63) is 29.6 Å². The predicted molar refractivity (Wildman–Crippen MR) is 63.5 cm³/mol. The first-order valence-corrected chi connectivity index (χ1v) is 5.35. The van der Waals surface area contributed by atoms with Gasteiger partial charge in [-0.1, -0.05) is 6.07 Å². The van der Waals surface area contributed by atoms with Crippen molar-refractivity contribution in [2.75, 3.05) is 20.6 Å². The van der Waals surface area contributed by atoms with Gasteiger partial charge in [0.15, 0.2) is 0 Å². The third-order valence-corrected chi connectivity index (χ3v) is 2.66. The van der Waals surface area contributed by atoms with E-state index in [9.17, 15) is 14.3 Å². The zero-order valence-corrected chi connectivity index (χ0v) is 10.2. The summed E-state index contributed by atoms with van der Waals surface area (Å²) in [5.41, 5.74) is -0.307. The van der Waals surface area contributed by atoms with Crippen molar-refractivity contribution >= 4 is 5.91 Å². The summed E-state index contributed by atoms with van der Waals surface area (Å²) < 4.78 is 13.4. The van der Waals surface area contributed by atoms with Crippen LogP contribution in [-0.4, -0.2) is 42.6 Å². The minimum Gasteiger partial charge on any atom is -0.507 e. The van der Waals surface area contributed by atoms with Crippen LogP contribution < -0.4 is 5.32 Å². The summed E-state index contributed by atoms with van der Waals surface area (Å²) in [4.78, 5) is 13.6. The molecule has 1 unspecified atom stereocenters. The number of carbonyl (C=O) groups is 1. The summed E-state index contributed by atoms with van der Waals surface area (Å²) in [7, 11) is 3.77. The largest absolute Gasteiger partial charge is 0.507 e. The summed E-state index contributed by atoms with van der Waals surface area (Å²) >= 11 is 0. The molecule has 1 aromatic rings. The lowest BCUT2D eigenvalue weighted by atomic mass is 10.1. The van der Waals surface area contributed by atoms with E-state index in [-0.39, 0.29) is 17.4 Å². The maximum absolute atomic E-state index is 13.4. The van der Waals surface area contributed by atoms with Gasteiger partial charge in [-0.05, 0) is 33.2 Å². The average Bonchev–Trinajstić information content (AvgIpc) is 2.25. The van der Waals surface area contributed by atoms with E-state index in [4.69, 9.17) is 0 Å². The molecule has 0 aliphatic rings. The van der Waals surface area contributed by atoms with Crippen molar-refractivity contribution in [1.29, 1.82) is 0 Å². The highest BCUT2D eigenvalue weighted by molar-refractivity contribution is 5.97. The molecule has 1 aromatic carbocycles. The van der Waals surface area contributed by atoms with E-state index in [1.807, 2.05) is 25.9 Å². The first-order chi connectivity index (χ1) is 7.93. The fraction of sp³-hybridized carbons (Fsp3) is 0.417. The molecule has 17 heavy (non-hydrogen) atoms. The normalized spacial score (nSPS) is 12.5. The third kappa shape index (κ3) is 3.42. The maximum Gasteiger partial charge on any atom is 0.258 e. The Morgan fingerprint density at radius 3 is 2.71 bits per heavy atom. The van der Waals surface area contributed by atoms with E-state index in [0.717, 1.165) is 6.07 Å². The van der Waals surface area contributed by atoms with Crippen molar-refractivity contribution in [2.24, 2.45) is 0 Å². The summed E-state index contributed by atoms with van der Waals surface area (Å²) in [6.07, 6.45) is 0. The Kier molecular flexibility index (Phi) is 4.45.